The number of pyridine rings is 1. The number of benzene rings is 1. The van der Waals surface area contributed by atoms with E-state index in [0.717, 1.165) is 15.1 Å². The van der Waals surface area contributed by atoms with Gasteiger partial charge in [-0.2, -0.15) is 0 Å². The van der Waals surface area contributed by atoms with Gasteiger partial charge in [-0.05, 0) is 29.8 Å². The van der Waals surface area contributed by atoms with Gasteiger partial charge in [0.25, 0.3) is 0 Å². The van der Waals surface area contributed by atoms with Gasteiger partial charge in [-0.1, -0.05) is 31.9 Å². The zero-order valence-electron chi connectivity index (χ0n) is 8.57. The van der Waals surface area contributed by atoms with Crippen LogP contribution in [0.5, 0.6) is 0 Å². The highest BCUT2D eigenvalue weighted by molar-refractivity contribution is 9.11. The van der Waals surface area contributed by atoms with Crippen molar-refractivity contribution in [1.29, 1.82) is 0 Å². The van der Waals surface area contributed by atoms with Crippen LogP contribution in [0.3, 0.4) is 0 Å². The molecule has 88 valence electrons. The maximum absolute atomic E-state index is 13.5. The van der Waals surface area contributed by atoms with Gasteiger partial charge in [-0.25, -0.2) is 4.39 Å². The van der Waals surface area contributed by atoms with Crippen LogP contribution >= 0.6 is 31.9 Å². The second-order valence-corrected chi connectivity index (χ2v) is 5.33. The van der Waals surface area contributed by atoms with E-state index in [0.29, 0.717) is 5.56 Å². The van der Waals surface area contributed by atoms with Crippen LogP contribution in [0.4, 0.5) is 4.39 Å². The number of aliphatic hydroxyl groups excluding tert-OH is 1. The fraction of sp³-hybridized carbons (Fsp3) is 0.0833. The lowest BCUT2D eigenvalue weighted by molar-refractivity contribution is 0.214. The first-order valence-electron chi connectivity index (χ1n) is 4.81. The molecule has 0 aliphatic rings. The fourth-order valence-electron chi connectivity index (χ4n) is 1.52. The zero-order valence-corrected chi connectivity index (χ0v) is 11.7. The second kappa shape index (κ2) is 5.25. The first kappa shape index (κ1) is 12.7. The van der Waals surface area contributed by atoms with Crippen molar-refractivity contribution in [2.75, 3.05) is 0 Å². The normalized spacial score (nSPS) is 12.5. The number of aromatic nitrogens is 1. The number of hydrogen-bond acceptors (Lipinski definition) is 2. The molecule has 0 aliphatic carbocycles. The van der Waals surface area contributed by atoms with Crippen molar-refractivity contribution in [3.8, 4) is 0 Å². The third kappa shape index (κ3) is 2.91. The summed E-state index contributed by atoms with van der Waals surface area (Å²) in [5.74, 6) is -0.518. The first-order valence-corrected chi connectivity index (χ1v) is 6.40. The van der Waals surface area contributed by atoms with Crippen molar-refractivity contribution in [1.82, 2.24) is 4.98 Å². The van der Waals surface area contributed by atoms with E-state index in [2.05, 4.69) is 36.8 Å². The molecule has 1 unspecified atom stereocenters. The van der Waals surface area contributed by atoms with Crippen molar-refractivity contribution < 1.29 is 9.50 Å². The molecule has 17 heavy (non-hydrogen) atoms. The summed E-state index contributed by atoms with van der Waals surface area (Å²) in [6.45, 7) is 0. The van der Waals surface area contributed by atoms with E-state index in [1.54, 1.807) is 12.1 Å². The summed E-state index contributed by atoms with van der Waals surface area (Å²) in [5.41, 5.74) is 0.821. The molecule has 0 saturated carbocycles. The van der Waals surface area contributed by atoms with Crippen molar-refractivity contribution in [2.24, 2.45) is 0 Å². The van der Waals surface area contributed by atoms with Crippen LogP contribution in [0.2, 0.25) is 0 Å². The minimum atomic E-state index is -1.01. The molecular formula is C12H8Br2FNO. The highest BCUT2D eigenvalue weighted by Crippen LogP contribution is 2.28. The molecule has 0 bridgehead atoms. The van der Waals surface area contributed by atoms with Gasteiger partial charge in [0.05, 0.1) is 6.20 Å². The lowest BCUT2D eigenvalue weighted by atomic mass is 10.0. The Labute approximate surface area is 115 Å². The molecule has 1 aromatic heterocycles. The Morgan fingerprint density at radius 2 is 1.82 bits per heavy atom. The maximum atomic E-state index is 13.5. The van der Waals surface area contributed by atoms with E-state index < -0.39 is 11.9 Å². The molecule has 2 aromatic rings. The predicted molar refractivity (Wildman–Crippen MR) is 70.1 cm³/mol. The third-order valence-electron chi connectivity index (χ3n) is 2.30. The minimum Gasteiger partial charge on any atom is -0.384 e. The van der Waals surface area contributed by atoms with Gasteiger partial charge in [0.15, 0.2) is 0 Å². The van der Waals surface area contributed by atoms with Crippen LogP contribution in [-0.2, 0) is 0 Å². The third-order valence-corrected chi connectivity index (χ3v) is 3.21. The number of aliphatic hydroxyl groups is 1. The van der Waals surface area contributed by atoms with Gasteiger partial charge < -0.3 is 5.11 Å². The molecule has 0 radical (unpaired) electrons. The summed E-state index contributed by atoms with van der Waals surface area (Å²) in [6.07, 6.45) is 1.53. The summed E-state index contributed by atoms with van der Waals surface area (Å²) in [5, 5.41) is 10.1. The molecule has 5 heteroatoms. The van der Waals surface area contributed by atoms with Gasteiger partial charge in [-0.3, -0.25) is 4.98 Å². The Morgan fingerprint density at radius 1 is 1.18 bits per heavy atom. The summed E-state index contributed by atoms with van der Waals surface area (Å²) in [6, 6.07) is 6.80. The average molecular weight is 361 g/mol. The summed E-state index contributed by atoms with van der Waals surface area (Å²) >= 11 is 6.65. The van der Waals surface area contributed by atoms with E-state index in [4.69, 9.17) is 0 Å². The number of halogens is 3. The molecule has 1 atom stereocenters. The fourth-order valence-corrected chi connectivity index (χ4v) is 2.85. The quantitative estimate of drug-likeness (QED) is 0.882. The monoisotopic (exact) mass is 359 g/mol. The Kier molecular flexibility index (Phi) is 3.91. The topological polar surface area (TPSA) is 33.1 Å². The summed E-state index contributed by atoms with van der Waals surface area (Å²) in [4.78, 5) is 3.65. The molecule has 2 nitrogen and oxygen atoms in total. The zero-order chi connectivity index (χ0) is 12.4. The summed E-state index contributed by atoms with van der Waals surface area (Å²) < 4.78 is 15.1. The van der Waals surface area contributed by atoms with Crippen LogP contribution in [0.1, 0.15) is 17.2 Å². The van der Waals surface area contributed by atoms with Crippen LogP contribution in [0, 0.1) is 5.82 Å². The molecular weight excluding hydrogens is 353 g/mol. The van der Waals surface area contributed by atoms with Crippen LogP contribution in [0.25, 0.3) is 0 Å². The van der Waals surface area contributed by atoms with E-state index >= 15 is 0 Å². The van der Waals surface area contributed by atoms with Gasteiger partial charge in [0, 0.05) is 20.7 Å². The second-order valence-electron chi connectivity index (χ2n) is 3.50. The van der Waals surface area contributed by atoms with E-state index in [1.165, 1.54) is 12.3 Å². The Bertz CT molecular complexity index is 528. The smallest absolute Gasteiger partial charge is 0.147 e. The number of hydrogen-bond donors (Lipinski definition) is 1. The van der Waals surface area contributed by atoms with E-state index in [1.807, 2.05) is 6.07 Å². The van der Waals surface area contributed by atoms with Crippen molar-refractivity contribution >= 4 is 31.9 Å². The first-order chi connectivity index (χ1) is 8.08. The van der Waals surface area contributed by atoms with Crippen molar-refractivity contribution in [3.05, 3.63) is 62.5 Å². The molecule has 0 saturated heterocycles. The van der Waals surface area contributed by atoms with E-state index in [-0.39, 0.29) is 5.56 Å². The number of rotatable bonds is 2. The molecule has 0 amide bonds. The lowest BCUT2D eigenvalue weighted by Gasteiger charge is -2.12. The molecule has 1 N–H and O–H groups in total. The summed E-state index contributed by atoms with van der Waals surface area (Å²) in [7, 11) is 0. The van der Waals surface area contributed by atoms with Gasteiger partial charge in [-0.15, -0.1) is 0 Å². The average Bonchev–Trinajstić information content (AvgIpc) is 2.27. The molecule has 0 spiro atoms. The number of nitrogens with zero attached hydrogens (tertiary/aromatic N) is 1. The molecule has 0 fully saturated rings. The van der Waals surface area contributed by atoms with Crippen molar-refractivity contribution in [2.45, 2.75) is 6.10 Å². The highest BCUT2D eigenvalue weighted by atomic mass is 79.9. The molecule has 2 rings (SSSR count). The van der Waals surface area contributed by atoms with Gasteiger partial charge in [0.1, 0.15) is 11.9 Å². The maximum Gasteiger partial charge on any atom is 0.147 e. The predicted octanol–water partition coefficient (Wildman–Crippen LogP) is 3.83. The van der Waals surface area contributed by atoms with Crippen LogP contribution in [-0.4, -0.2) is 10.1 Å². The molecule has 1 heterocycles. The van der Waals surface area contributed by atoms with Crippen LogP contribution in [0.15, 0.2) is 45.6 Å². The minimum absolute atomic E-state index is 0.213. The Balaban J connectivity index is 2.43. The standard InChI is InChI=1S/C12H8Br2FNO/c13-8-3-7(4-9(14)5-8)12(17)10-1-2-16-6-11(10)15/h1-6,12,17H. The van der Waals surface area contributed by atoms with E-state index in [9.17, 15) is 9.50 Å². The Hall–Kier alpha value is -0.780. The van der Waals surface area contributed by atoms with Crippen LogP contribution < -0.4 is 0 Å². The highest BCUT2D eigenvalue weighted by Gasteiger charge is 2.15. The van der Waals surface area contributed by atoms with Gasteiger partial charge >= 0.3 is 0 Å². The largest absolute Gasteiger partial charge is 0.384 e. The molecule has 0 aliphatic heterocycles. The molecule has 1 aromatic carbocycles. The Morgan fingerprint density at radius 3 is 2.41 bits per heavy atom. The van der Waals surface area contributed by atoms with Crippen molar-refractivity contribution in [3.63, 3.8) is 0 Å². The lowest BCUT2D eigenvalue weighted by Crippen LogP contribution is -2.03. The van der Waals surface area contributed by atoms with Gasteiger partial charge in [0.2, 0.25) is 0 Å². The SMILES string of the molecule is OC(c1cc(Br)cc(Br)c1)c1ccncc1F.